The number of carbonyl (C=O) groups excluding carboxylic acids is 2. The fourth-order valence-electron chi connectivity index (χ4n) is 3.75. The van der Waals surface area contributed by atoms with E-state index in [9.17, 15) is 9.59 Å². The molecule has 2 fully saturated rings. The number of benzene rings is 1. The third-order valence-corrected chi connectivity index (χ3v) is 5.94. The molecule has 3 unspecified atom stereocenters. The van der Waals surface area contributed by atoms with Crippen molar-refractivity contribution in [3.05, 3.63) is 29.8 Å². The second kappa shape index (κ2) is 8.92. The van der Waals surface area contributed by atoms with Gasteiger partial charge >= 0.3 is 0 Å². The van der Waals surface area contributed by atoms with E-state index in [4.69, 9.17) is 5.73 Å². The Labute approximate surface area is 159 Å². The third kappa shape index (κ3) is 5.12. The largest absolute Gasteiger partial charge is 0.341 e. The Hall–Kier alpha value is -1.24. The molecule has 3 atom stereocenters. The normalized spacial score (nSPS) is 24.6. The van der Waals surface area contributed by atoms with Crippen molar-refractivity contribution >= 4 is 41.7 Å². The standard InChI is InChI=1S/C18H25N3O2S.ClH/c1-12-3-2-4-14(7-12)20-17(22)10-24-11-18(23)21-8-13-5-6-16(19)15(13)9-21;/h2-4,7,13,15-16H,5-6,8-11,19H2,1H3,(H,20,22);1H. The summed E-state index contributed by atoms with van der Waals surface area (Å²) in [5.41, 5.74) is 8.01. The Kier molecular flexibility index (Phi) is 7.16. The van der Waals surface area contributed by atoms with Gasteiger partial charge in [-0.1, -0.05) is 12.1 Å². The van der Waals surface area contributed by atoms with Crippen LogP contribution in [0.15, 0.2) is 24.3 Å². The summed E-state index contributed by atoms with van der Waals surface area (Å²) in [7, 11) is 0. The number of hydrogen-bond acceptors (Lipinski definition) is 4. The molecule has 0 aromatic heterocycles. The number of halogens is 1. The number of carbonyl (C=O) groups is 2. The summed E-state index contributed by atoms with van der Waals surface area (Å²) in [4.78, 5) is 26.2. The minimum absolute atomic E-state index is 0. The van der Waals surface area contributed by atoms with Crippen molar-refractivity contribution in [3.63, 3.8) is 0 Å². The van der Waals surface area contributed by atoms with E-state index in [0.717, 1.165) is 37.2 Å². The highest BCUT2D eigenvalue weighted by atomic mass is 35.5. The molecule has 25 heavy (non-hydrogen) atoms. The first kappa shape index (κ1) is 20.1. The van der Waals surface area contributed by atoms with Gasteiger partial charge in [-0.05, 0) is 49.3 Å². The average molecular weight is 384 g/mol. The van der Waals surface area contributed by atoms with Gasteiger partial charge < -0.3 is 16.0 Å². The van der Waals surface area contributed by atoms with E-state index in [0.29, 0.717) is 23.3 Å². The molecule has 1 aromatic rings. The maximum absolute atomic E-state index is 12.3. The number of aryl methyl sites for hydroxylation is 1. The Bertz CT molecular complexity index is 628. The predicted molar refractivity (Wildman–Crippen MR) is 105 cm³/mol. The van der Waals surface area contributed by atoms with Gasteiger partial charge in [0.15, 0.2) is 0 Å². The molecule has 2 amide bonds. The van der Waals surface area contributed by atoms with Crippen LogP contribution in [-0.2, 0) is 9.59 Å². The van der Waals surface area contributed by atoms with Crippen LogP contribution in [0.25, 0.3) is 0 Å². The van der Waals surface area contributed by atoms with Gasteiger partial charge in [0.05, 0.1) is 11.5 Å². The van der Waals surface area contributed by atoms with Crippen LogP contribution in [0.2, 0.25) is 0 Å². The summed E-state index contributed by atoms with van der Waals surface area (Å²) in [5.74, 6) is 1.77. The minimum Gasteiger partial charge on any atom is -0.341 e. The number of rotatable bonds is 5. The van der Waals surface area contributed by atoms with E-state index in [1.54, 1.807) is 0 Å². The Morgan fingerprint density at radius 2 is 2.08 bits per heavy atom. The quantitative estimate of drug-likeness (QED) is 0.817. The lowest BCUT2D eigenvalue weighted by atomic mass is 9.98. The highest BCUT2D eigenvalue weighted by Crippen LogP contribution is 2.37. The number of nitrogens with two attached hydrogens (primary N) is 1. The zero-order valence-electron chi connectivity index (χ0n) is 14.4. The van der Waals surface area contributed by atoms with Crippen molar-refractivity contribution in [1.82, 2.24) is 4.90 Å². The van der Waals surface area contributed by atoms with Gasteiger partial charge in [0.2, 0.25) is 11.8 Å². The summed E-state index contributed by atoms with van der Waals surface area (Å²) >= 11 is 1.37. The van der Waals surface area contributed by atoms with E-state index in [1.807, 2.05) is 36.1 Å². The van der Waals surface area contributed by atoms with Crippen molar-refractivity contribution < 1.29 is 9.59 Å². The molecule has 0 spiro atoms. The monoisotopic (exact) mass is 383 g/mol. The molecule has 1 aliphatic carbocycles. The Morgan fingerprint density at radius 1 is 1.28 bits per heavy atom. The first-order chi connectivity index (χ1) is 11.5. The SMILES string of the molecule is Cc1cccc(NC(=O)CSCC(=O)N2CC3CCC(N)C3C2)c1.Cl. The van der Waals surface area contributed by atoms with Crippen molar-refractivity contribution in [3.8, 4) is 0 Å². The molecule has 1 heterocycles. The lowest BCUT2D eigenvalue weighted by Crippen LogP contribution is -2.34. The molecule has 1 saturated heterocycles. The Balaban J connectivity index is 0.00000225. The zero-order valence-corrected chi connectivity index (χ0v) is 16.1. The highest BCUT2D eigenvalue weighted by molar-refractivity contribution is 8.00. The molecule has 2 aliphatic rings. The maximum atomic E-state index is 12.3. The minimum atomic E-state index is -0.0706. The average Bonchev–Trinajstić information content (AvgIpc) is 3.10. The van der Waals surface area contributed by atoms with Gasteiger partial charge in [0.25, 0.3) is 0 Å². The molecule has 3 rings (SSSR count). The molecule has 3 N–H and O–H groups in total. The second-order valence-electron chi connectivity index (χ2n) is 6.87. The molecule has 7 heteroatoms. The molecule has 0 bridgehead atoms. The fraction of sp³-hybridized carbons (Fsp3) is 0.556. The van der Waals surface area contributed by atoms with Crippen LogP contribution in [0.4, 0.5) is 5.69 Å². The fourth-order valence-corrected chi connectivity index (χ4v) is 4.47. The van der Waals surface area contributed by atoms with Crippen LogP contribution in [-0.4, -0.2) is 47.4 Å². The third-order valence-electron chi connectivity index (χ3n) is 5.03. The molecular formula is C18H26ClN3O2S. The molecule has 0 radical (unpaired) electrons. The number of hydrogen-bond donors (Lipinski definition) is 2. The highest BCUT2D eigenvalue weighted by Gasteiger charge is 2.42. The van der Waals surface area contributed by atoms with Gasteiger partial charge in [0, 0.05) is 24.8 Å². The predicted octanol–water partition coefficient (Wildman–Crippen LogP) is 2.28. The molecule has 138 valence electrons. The lowest BCUT2D eigenvalue weighted by molar-refractivity contribution is -0.127. The smallest absolute Gasteiger partial charge is 0.234 e. The molecule has 1 saturated carbocycles. The summed E-state index contributed by atoms with van der Waals surface area (Å²) in [6, 6.07) is 7.95. The van der Waals surface area contributed by atoms with Gasteiger partial charge in [0.1, 0.15) is 0 Å². The number of nitrogens with zero attached hydrogens (tertiary/aromatic N) is 1. The molecule has 1 aliphatic heterocycles. The van der Waals surface area contributed by atoms with Gasteiger partial charge in [-0.15, -0.1) is 24.2 Å². The van der Waals surface area contributed by atoms with E-state index in [-0.39, 0.29) is 30.3 Å². The molecule has 5 nitrogen and oxygen atoms in total. The first-order valence-corrected chi connectivity index (χ1v) is 9.66. The summed E-state index contributed by atoms with van der Waals surface area (Å²) < 4.78 is 0. The van der Waals surface area contributed by atoms with E-state index >= 15 is 0 Å². The first-order valence-electron chi connectivity index (χ1n) is 8.50. The zero-order chi connectivity index (χ0) is 17.1. The van der Waals surface area contributed by atoms with E-state index in [1.165, 1.54) is 11.8 Å². The number of anilines is 1. The topological polar surface area (TPSA) is 75.4 Å². The maximum Gasteiger partial charge on any atom is 0.234 e. The van der Waals surface area contributed by atoms with Crippen LogP contribution in [0.3, 0.4) is 0 Å². The summed E-state index contributed by atoms with van der Waals surface area (Å²) in [6.07, 6.45) is 2.23. The number of nitrogens with one attached hydrogen (secondary N) is 1. The summed E-state index contributed by atoms with van der Waals surface area (Å²) in [6.45, 7) is 3.62. The van der Waals surface area contributed by atoms with Crippen LogP contribution in [0.1, 0.15) is 18.4 Å². The van der Waals surface area contributed by atoms with Crippen LogP contribution < -0.4 is 11.1 Å². The van der Waals surface area contributed by atoms with Crippen molar-refractivity contribution in [2.45, 2.75) is 25.8 Å². The number of thioether (sulfide) groups is 1. The van der Waals surface area contributed by atoms with Gasteiger partial charge in [-0.3, -0.25) is 9.59 Å². The van der Waals surface area contributed by atoms with Gasteiger partial charge in [-0.2, -0.15) is 0 Å². The lowest BCUT2D eigenvalue weighted by Gasteiger charge is -2.18. The number of fused-ring (bicyclic) bond motifs is 1. The van der Waals surface area contributed by atoms with Crippen LogP contribution in [0, 0.1) is 18.8 Å². The second-order valence-corrected chi connectivity index (χ2v) is 7.86. The summed E-state index contributed by atoms with van der Waals surface area (Å²) in [5, 5.41) is 2.86. The van der Waals surface area contributed by atoms with Crippen LogP contribution in [0.5, 0.6) is 0 Å². The number of likely N-dealkylation sites (tertiary alicyclic amines) is 1. The van der Waals surface area contributed by atoms with E-state index < -0.39 is 0 Å². The van der Waals surface area contributed by atoms with Crippen molar-refractivity contribution in [2.24, 2.45) is 17.6 Å². The molecule has 1 aromatic carbocycles. The van der Waals surface area contributed by atoms with Crippen LogP contribution >= 0.6 is 24.2 Å². The number of amides is 2. The molecular weight excluding hydrogens is 358 g/mol. The Morgan fingerprint density at radius 3 is 2.80 bits per heavy atom. The van der Waals surface area contributed by atoms with Crippen molar-refractivity contribution in [1.29, 1.82) is 0 Å². The van der Waals surface area contributed by atoms with E-state index in [2.05, 4.69) is 5.32 Å². The van der Waals surface area contributed by atoms with Crippen molar-refractivity contribution in [2.75, 3.05) is 29.9 Å². The van der Waals surface area contributed by atoms with Gasteiger partial charge in [-0.25, -0.2) is 0 Å².